The van der Waals surface area contributed by atoms with E-state index in [1.165, 1.54) is 23.1 Å². The highest BCUT2D eigenvalue weighted by molar-refractivity contribution is 7.12. The van der Waals surface area contributed by atoms with E-state index in [1.807, 2.05) is 0 Å². The van der Waals surface area contributed by atoms with Crippen LogP contribution < -0.4 is 0 Å². The second-order valence-electron chi connectivity index (χ2n) is 3.37. The van der Waals surface area contributed by atoms with E-state index in [0.29, 0.717) is 17.9 Å². The number of esters is 1. The van der Waals surface area contributed by atoms with Gasteiger partial charge in [-0.15, -0.1) is 11.3 Å². The summed E-state index contributed by atoms with van der Waals surface area (Å²) in [6, 6.07) is 1.49. The molecule has 0 atom stereocenters. The Bertz CT molecular complexity index is 587. The third-order valence-electron chi connectivity index (χ3n) is 2.15. The van der Waals surface area contributed by atoms with Gasteiger partial charge in [0.25, 0.3) is 0 Å². The van der Waals surface area contributed by atoms with Gasteiger partial charge >= 0.3 is 11.9 Å². The number of hydrogen-bond acceptors (Lipinski definition) is 5. The summed E-state index contributed by atoms with van der Waals surface area (Å²) < 4.78 is 6.28. The third-order valence-corrected chi connectivity index (χ3v) is 3.06. The molecular weight excluding hydrogens is 256 g/mol. The first kappa shape index (κ1) is 12.3. The molecule has 0 saturated heterocycles. The van der Waals surface area contributed by atoms with Crippen LogP contribution in [-0.4, -0.2) is 33.4 Å². The molecule has 0 fully saturated rings. The molecule has 0 aliphatic rings. The molecule has 6 nitrogen and oxygen atoms in total. The van der Waals surface area contributed by atoms with E-state index in [0.717, 1.165) is 11.3 Å². The van der Waals surface area contributed by atoms with Crippen molar-refractivity contribution < 1.29 is 19.4 Å². The molecule has 18 heavy (non-hydrogen) atoms. The second-order valence-corrected chi connectivity index (χ2v) is 4.28. The van der Waals surface area contributed by atoms with Crippen molar-refractivity contribution in [3.05, 3.63) is 34.3 Å². The minimum atomic E-state index is -0.982. The van der Waals surface area contributed by atoms with E-state index in [4.69, 9.17) is 9.84 Å². The Hall–Kier alpha value is -2.15. The second kappa shape index (κ2) is 5.01. The summed E-state index contributed by atoms with van der Waals surface area (Å²) in [5, 5.41) is 14.5. The maximum atomic E-state index is 11.4. The van der Waals surface area contributed by atoms with Crippen molar-refractivity contribution in [2.75, 3.05) is 6.61 Å². The minimum Gasteiger partial charge on any atom is -0.477 e. The van der Waals surface area contributed by atoms with Gasteiger partial charge in [-0.25, -0.2) is 14.3 Å². The number of hydrogen-bond donors (Lipinski definition) is 1. The molecule has 1 N–H and O–H groups in total. The average Bonchev–Trinajstić information content (AvgIpc) is 2.98. The Morgan fingerprint density at radius 3 is 2.94 bits per heavy atom. The number of carbonyl (C=O) groups excluding carboxylic acids is 1. The molecule has 2 aromatic rings. The smallest absolute Gasteiger partial charge is 0.345 e. The molecule has 0 aliphatic carbocycles. The molecule has 0 aromatic carbocycles. The van der Waals surface area contributed by atoms with Crippen molar-refractivity contribution in [1.29, 1.82) is 0 Å². The van der Waals surface area contributed by atoms with E-state index in [-0.39, 0.29) is 4.88 Å². The van der Waals surface area contributed by atoms with E-state index in [9.17, 15) is 9.59 Å². The van der Waals surface area contributed by atoms with Gasteiger partial charge in [0.05, 0.1) is 24.1 Å². The van der Waals surface area contributed by atoms with Gasteiger partial charge in [-0.2, -0.15) is 5.10 Å². The molecule has 0 aliphatic heterocycles. The van der Waals surface area contributed by atoms with Gasteiger partial charge in [-0.05, 0) is 13.0 Å². The Morgan fingerprint density at radius 1 is 1.56 bits per heavy atom. The SMILES string of the molecule is CCOC(=O)c1cnn(-c2csc(C(=O)O)c2)c1. The maximum absolute atomic E-state index is 11.4. The van der Waals surface area contributed by atoms with Crippen LogP contribution in [0.1, 0.15) is 27.0 Å². The van der Waals surface area contributed by atoms with Crippen LogP contribution in [0.5, 0.6) is 0 Å². The summed E-state index contributed by atoms with van der Waals surface area (Å²) in [4.78, 5) is 22.4. The first-order chi connectivity index (χ1) is 8.61. The molecular formula is C11H10N2O4S. The lowest BCUT2D eigenvalue weighted by molar-refractivity contribution is 0.0525. The van der Waals surface area contributed by atoms with Gasteiger partial charge in [-0.3, -0.25) is 0 Å². The van der Waals surface area contributed by atoms with E-state index >= 15 is 0 Å². The number of rotatable bonds is 4. The Morgan fingerprint density at radius 2 is 2.33 bits per heavy atom. The fourth-order valence-corrected chi connectivity index (χ4v) is 2.06. The molecule has 0 spiro atoms. The molecule has 0 bridgehead atoms. The molecule has 0 radical (unpaired) electrons. The molecule has 0 unspecified atom stereocenters. The minimum absolute atomic E-state index is 0.221. The van der Waals surface area contributed by atoms with Crippen LogP contribution in [0.25, 0.3) is 5.69 Å². The van der Waals surface area contributed by atoms with Crippen LogP contribution >= 0.6 is 11.3 Å². The van der Waals surface area contributed by atoms with Crippen molar-refractivity contribution in [2.45, 2.75) is 6.92 Å². The fourth-order valence-electron chi connectivity index (χ4n) is 1.34. The topological polar surface area (TPSA) is 81.4 Å². The van der Waals surface area contributed by atoms with Crippen LogP contribution in [0.15, 0.2) is 23.8 Å². The summed E-state index contributed by atoms with van der Waals surface area (Å²) in [6.07, 6.45) is 2.89. The number of carboxylic acids is 1. The molecule has 2 rings (SSSR count). The zero-order valence-electron chi connectivity index (χ0n) is 9.49. The zero-order chi connectivity index (χ0) is 13.1. The Balaban J connectivity index is 2.23. The standard InChI is InChI=1S/C11H10N2O4S/c1-2-17-11(16)7-4-12-13(5-7)8-3-9(10(14)15)18-6-8/h3-6H,2H2,1H3,(H,14,15). The summed E-state index contributed by atoms with van der Waals surface area (Å²) in [5.41, 5.74) is 0.938. The lowest BCUT2D eigenvalue weighted by Crippen LogP contribution is -2.03. The highest BCUT2D eigenvalue weighted by Crippen LogP contribution is 2.18. The molecule has 2 aromatic heterocycles. The quantitative estimate of drug-likeness (QED) is 0.853. The van der Waals surface area contributed by atoms with Crippen LogP contribution in [0, 0.1) is 0 Å². The predicted octanol–water partition coefficient (Wildman–Crippen LogP) is 1.81. The number of aromatic carboxylic acids is 1. The molecule has 7 heteroatoms. The van der Waals surface area contributed by atoms with Gasteiger partial charge in [0.2, 0.25) is 0 Å². The first-order valence-electron chi connectivity index (χ1n) is 5.15. The van der Waals surface area contributed by atoms with Crippen molar-refractivity contribution in [2.24, 2.45) is 0 Å². The monoisotopic (exact) mass is 266 g/mol. The lowest BCUT2D eigenvalue weighted by atomic mass is 10.4. The van der Waals surface area contributed by atoms with Crippen LogP contribution in [0.2, 0.25) is 0 Å². The molecule has 94 valence electrons. The summed E-state index contributed by atoms with van der Waals surface area (Å²) >= 11 is 1.10. The zero-order valence-corrected chi connectivity index (χ0v) is 10.3. The first-order valence-corrected chi connectivity index (χ1v) is 6.03. The van der Waals surface area contributed by atoms with Crippen molar-refractivity contribution in [3.8, 4) is 5.69 Å². The van der Waals surface area contributed by atoms with Gasteiger partial charge in [-0.1, -0.05) is 0 Å². The average molecular weight is 266 g/mol. The highest BCUT2D eigenvalue weighted by Gasteiger charge is 2.12. The van der Waals surface area contributed by atoms with Gasteiger partial charge in [0, 0.05) is 11.6 Å². The number of thiophene rings is 1. The van der Waals surface area contributed by atoms with Crippen molar-refractivity contribution in [3.63, 3.8) is 0 Å². The summed E-state index contributed by atoms with van der Waals surface area (Å²) in [6.45, 7) is 2.02. The lowest BCUT2D eigenvalue weighted by Gasteiger charge is -1.97. The normalized spacial score (nSPS) is 10.3. The molecule has 0 saturated carbocycles. The summed E-state index contributed by atoms with van der Waals surface area (Å²) in [5.74, 6) is -1.43. The van der Waals surface area contributed by atoms with Gasteiger partial charge in [0.15, 0.2) is 0 Å². The number of nitrogens with zero attached hydrogens (tertiary/aromatic N) is 2. The maximum Gasteiger partial charge on any atom is 0.345 e. The third kappa shape index (κ3) is 2.40. The molecule has 2 heterocycles. The van der Waals surface area contributed by atoms with Crippen molar-refractivity contribution >= 4 is 23.3 Å². The van der Waals surface area contributed by atoms with Crippen molar-refractivity contribution in [1.82, 2.24) is 9.78 Å². The van der Waals surface area contributed by atoms with E-state index in [1.54, 1.807) is 12.3 Å². The fraction of sp³-hybridized carbons (Fsp3) is 0.182. The van der Waals surface area contributed by atoms with E-state index in [2.05, 4.69) is 5.10 Å². The molecule has 0 amide bonds. The summed E-state index contributed by atoms with van der Waals surface area (Å²) in [7, 11) is 0. The number of aromatic nitrogens is 2. The van der Waals surface area contributed by atoms with Gasteiger partial charge in [0.1, 0.15) is 4.88 Å². The Labute approximate surface area is 106 Å². The van der Waals surface area contributed by atoms with Crippen LogP contribution in [-0.2, 0) is 4.74 Å². The number of carboxylic acid groups (broad SMARTS) is 1. The van der Waals surface area contributed by atoms with Crippen LogP contribution in [0.4, 0.5) is 0 Å². The van der Waals surface area contributed by atoms with Crippen LogP contribution in [0.3, 0.4) is 0 Å². The number of carbonyl (C=O) groups is 2. The largest absolute Gasteiger partial charge is 0.477 e. The predicted molar refractivity (Wildman–Crippen MR) is 64.4 cm³/mol. The Kier molecular flexibility index (Phi) is 3.42. The number of ether oxygens (including phenoxy) is 1. The van der Waals surface area contributed by atoms with E-state index < -0.39 is 11.9 Å². The van der Waals surface area contributed by atoms with Gasteiger partial charge < -0.3 is 9.84 Å². The highest BCUT2D eigenvalue weighted by atomic mass is 32.1.